The third-order valence-electron chi connectivity index (χ3n) is 7.56. The van der Waals surface area contributed by atoms with E-state index in [1.165, 1.54) is 12.1 Å². The molecule has 11 heteroatoms. The number of alkyl halides is 6. The lowest BCUT2D eigenvalue weighted by molar-refractivity contribution is -0.389. The van der Waals surface area contributed by atoms with Crippen molar-refractivity contribution in [3.8, 4) is 0 Å². The largest absolute Gasteiger partial charge is 0.430 e. The third-order valence-corrected chi connectivity index (χ3v) is 10.1. The van der Waals surface area contributed by atoms with Gasteiger partial charge in [0.15, 0.2) is 9.84 Å². The van der Waals surface area contributed by atoms with Gasteiger partial charge in [-0.2, -0.15) is 26.3 Å². The molecule has 0 amide bonds. The van der Waals surface area contributed by atoms with Crippen LogP contribution in [0.5, 0.6) is 0 Å². The molecule has 0 saturated carbocycles. The van der Waals surface area contributed by atoms with E-state index in [2.05, 4.69) is 4.74 Å². The summed E-state index contributed by atoms with van der Waals surface area (Å²) in [5.74, 6) is 0. The van der Waals surface area contributed by atoms with E-state index in [1.807, 2.05) is 35.2 Å². The highest BCUT2D eigenvalue weighted by atomic mass is 32.2. The first-order valence-electron chi connectivity index (χ1n) is 13.2. The van der Waals surface area contributed by atoms with Gasteiger partial charge in [-0.05, 0) is 36.1 Å². The summed E-state index contributed by atoms with van der Waals surface area (Å²) in [5, 5.41) is 0. The number of sulfone groups is 1. The predicted octanol–water partition coefficient (Wildman–Crippen LogP) is 7.40. The van der Waals surface area contributed by atoms with Crippen LogP contribution in [0.1, 0.15) is 42.9 Å². The number of ether oxygens (including phenoxy) is 1. The van der Waals surface area contributed by atoms with Crippen molar-refractivity contribution in [1.29, 1.82) is 0 Å². The summed E-state index contributed by atoms with van der Waals surface area (Å²) in [5.41, 5.74) is -4.63. The second kappa shape index (κ2) is 11.8. The molecular formula is C30H31F6NO3S. The highest BCUT2D eigenvalue weighted by Gasteiger charge is 2.73. The first-order chi connectivity index (χ1) is 19.3. The van der Waals surface area contributed by atoms with Gasteiger partial charge in [-0.3, -0.25) is 4.90 Å². The molecule has 1 unspecified atom stereocenters. The molecule has 222 valence electrons. The van der Waals surface area contributed by atoms with Crippen molar-refractivity contribution in [2.45, 2.75) is 60.3 Å². The van der Waals surface area contributed by atoms with E-state index in [9.17, 15) is 34.8 Å². The zero-order chi connectivity index (χ0) is 29.9. The molecule has 0 spiro atoms. The van der Waals surface area contributed by atoms with E-state index < -0.39 is 44.7 Å². The van der Waals surface area contributed by atoms with Crippen molar-refractivity contribution < 1.29 is 39.5 Å². The molecule has 0 aromatic heterocycles. The maximum Gasteiger partial charge on any atom is 0.430 e. The van der Waals surface area contributed by atoms with Gasteiger partial charge in [0, 0.05) is 31.8 Å². The number of unbranched alkanes of at least 4 members (excludes halogenated alkanes) is 1. The molecule has 4 rings (SSSR count). The van der Waals surface area contributed by atoms with Crippen LogP contribution in [-0.4, -0.2) is 45.4 Å². The Morgan fingerprint density at radius 2 is 1.39 bits per heavy atom. The lowest BCUT2D eigenvalue weighted by atomic mass is 9.88. The molecule has 1 heterocycles. The molecule has 1 aliphatic heterocycles. The van der Waals surface area contributed by atoms with E-state index >= 15 is 0 Å². The fraction of sp³-hybridized carbons (Fsp3) is 0.400. The standard InChI is InChI=1S/C30H31F6NO3S/c1-2-3-20-40-28(29(31,32)33,30(34,35)36)25-16-14-24(15-17-25)27(41(38,39)26-12-8-5-9-13-26)18-19-37(22-27)21-23-10-6-4-7-11-23/h4-17H,2-3,18-22H2,1H3. The van der Waals surface area contributed by atoms with Crippen molar-refractivity contribution in [2.75, 3.05) is 19.7 Å². The molecule has 1 atom stereocenters. The zero-order valence-electron chi connectivity index (χ0n) is 22.4. The number of halogens is 6. The fourth-order valence-electron chi connectivity index (χ4n) is 5.38. The maximum atomic E-state index is 14.2. The summed E-state index contributed by atoms with van der Waals surface area (Å²) >= 11 is 0. The lowest BCUT2D eigenvalue weighted by Crippen LogP contribution is -2.56. The van der Waals surface area contributed by atoms with Crippen LogP contribution in [0, 0.1) is 0 Å². The molecule has 0 bridgehead atoms. The summed E-state index contributed by atoms with van der Waals surface area (Å²) < 4.78 is 116. The molecule has 1 aliphatic rings. The van der Waals surface area contributed by atoms with Crippen molar-refractivity contribution in [3.63, 3.8) is 0 Å². The first-order valence-corrected chi connectivity index (χ1v) is 14.7. The highest BCUT2D eigenvalue weighted by Crippen LogP contribution is 2.53. The molecule has 0 radical (unpaired) electrons. The van der Waals surface area contributed by atoms with Gasteiger partial charge in [-0.1, -0.05) is 86.1 Å². The van der Waals surface area contributed by atoms with Crippen LogP contribution >= 0.6 is 0 Å². The number of rotatable bonds is 10. The monoisotopic (exact) mass is 599 g/mol. The normalized spacial score (nSPS) is 19.0. The zero-order valence-corrected chi connectivity index (χ0v) is 23.2. The van der Waals surface area contributed by atoms with Crippen LogP contribution < -0.4 is 0 Å². The Kier molecular flexibility index (Phi) is 8.92. The Bertz CT molecular complexity index is 1380. The molecule has 0 N–H and O–H groups in total. The van der Waals surface area contributed by atoms with Gasteiger partial charge in [0.05, 0.1) is 4.90 Å². The van der Waals surface area contributed by atoms with Gasteiger partial charge in [-0.25, -0.2) is 8.42 Å². The fourth-order valence-corrected chi connectivity index (χ4v) is 7.51. The Morgan fingerprint density at radius 3 is 1.93 bits per heavy atom. The third kappa shape index (κ3) is 5.76. The number of hydrogen-bond donors (Lipinski definition) is 0. The van der Waals surface area contributed by atoms with Gasteiger partial charge in [-0.15, -0.1) is 0 Å². The van der Waals surface area contributed by atoms with Crippen LogP contribution in [0.4, 0.5) is 26.3 Å². The van der Waals surface area contributed by atoms with Crippen molar-refractivity contribution in [3.05, 3.63) is 102 Å². The Labute approximate surface area is 235 Å². The summed E-state index contributed by atoms with van der Waals surface area (Å²) in [4.78, 5) is 1.95. The number of benzene rings is 3. The van der Waals surface area contributed by atoms with Gasteiger partial charge < -0.3 is 4.74 Å². The second-order valence-corrected chi connectivity index (χ2v) is 12.5. The van der Waals surface area contributed by atoms with Crippen LogP contribution in [-0.2, 0) is 31.5 Å². The number of nitrogens with zero attached hydrogens (tertiary/aromatic N) is 1. The highest BCUT2D eigenvalue weighted by molar-refractivity contribution is 7.92. The van der Waals surface area contributed by atoms with Crippen molar-refractivity contribution >= 4 is 9.84 Å². The summed E-state index contributed by atoms with van der Waals surface area (Å²) in [6, 6.07) is 20.5. The van der Waals surface area contributed by atoms with E-state index in [-0.39, 0.29) is 29.8 Å². The van der Waals surface area contributed by atoms with Gasteiger partial charge in [0.2, 0.25) is 0 Å². The van der Waals surface area contributed by atoms with Crippen LogP contribution in [0.15, 0.2) is 89.8 Å². The summed E-state index contributed by atoms with van der Waals surface area (Å²) in [7, 11) is -4.12. The molecule has 1 fully saturated rings. The Morgan fingerprint density at radius 1 is 0.829 bits per heavy atom. The van der Waals surface area contributed by atoms with Crippen LogP contribution in [0.2, 0.25) is 0 Å². The summed E-state index contributed by atoms with van der Waals surface area (Å²) in [6.07, 6.45) is -11.2. The lowest BCUT2D eigenvalue weighted by Gasteiger charge is -2.38. The van der Waals surface area contributed by atoms with E-state index in [0.717, 1.165) is 17.7 Å². The molecule has 3 aromatic carbocycles. The van der Waals surface area contributed by atoms with Gasteiger partial charge in [0.1, 0.15) is 4.75 Å². The summed E-state index contributed by atoms with van der Waals surface area (Å²) in [6.45, 7) is 1.67. The van der Waals surface area contributed by atoms with E-state index in [0.29, 0.717) is 31.6 Å². The minimum absolute atomic E-state index is 0.00166. The topological polar surface area (TPSA) is 46.6 Å². The van der Waals surface area contributed by atoms with Crippen LogP contribution in [0.25, 0.3) is 0 Å². The van der Waals surface area contributed by atoms with E-state index in [1.54, 1.807) is 25.1 Å². The minimum Gasteiger partial charge on any atom is -0.354 e. The first kappa shape index (κ1) is 31.1. The molecular weight excluding hydrogens is 568 g/mol. The molecule has 4 nitrogen and oxygen atoms in total. The smallest absolute Gasteiger partial charge is 0.354 e. The molecule has 1 saturated heterocycles. The minimum atomic E-state index is -5.81. The average Bonchev–Trinajstić information content (AvgIpc) is 3.36. The average molecular weight is 600 g/mol. The van der Waals surface area contributed by atoms with Crippen molar-refractivity contribution in [1.82, 2.24) is 4.90 Å². The van der Waals surface area contributed by atoms with Gasteiger partial charge >= 0.3 is 12.4 Å². The Balaban J connectivity index is 1.80. The van der Waals surface area contributed by atoms with Gasteiger partial charge in [0.25, 0.3) is 5.60 Å². The van der Waals surface area contributed by atoms with Crippen molar-refractivity contribution in [2.24, 2.45) is 0 Å². The number of hydrogen-bond acceptors (Lipinski definition) is 4. The van der Waals surface area contributed by atoms with E-state index in [4.69, 9.17) is 0 Å². The predicted molar refractivity (Wildman–Crippen MR) is 143 cm³/mol. The Hall–Kier alpha value is -2.89. The maximum absolute atomic E-state index is 14.2. The van der Waals surface area contributed by atoms with Crippen LogP contribution in [0.3, 0.4) is 0 Å². The molecule has 41 heavy (non-hydrogen) atoms. The SMILES string of the molecule is CCCCOC(c1ccc(C2(S(=O)(=O)c3ccccc3)CCN(Cc3ccccc3)C2)cc1)(C(F)(F)F)C(F)(F)F. The second-order valence-electron chi connectivity index (χ2n) is 10.2. The molecule has 0 aliphatic carbocycles. The molecule has 3 aromatic rings. The quantitative estimate of drug-likeness (QED) is 0.180. The number of likely N-dealkylation sites (tertiary alicyclic amines) is 1.